The highest BCUT2D eigenvalue weighted by Crippen LogP contribution is 1.96. The van der Waals surface area contributed by atoms with Gasteiger partial charge in [0, 0.05) is 18.0 Å². The Balaban J connectivity index is 2.66. The normalized spacial score (nSPS) is 11.1. The van der Waals surface area contributed by atoms with E-state index in [1.165, 1.54) is 11.8 Å². The minimum absolute atomic E-state index is 0.370. The Morgan fingerprint density at radius 1 is 1.71 bits per heavy atom. The molecule has 0 spiro atoms. The molecule has 0 aliphatic carbocycles. The number of aromatic nitrogens is 1. The van der Waals surface area contributed by atoms with Crippen LogP contribution >= 0.6 is 24.0 Å². The predicted molar refractivity (Wildman–Crippen MR) is 64.2 cm³/mol. The molecule has 0 radical (unpaired) electrons. The molecule has 0 fully saturated rings. The average Bonchev–Trinajstić information content (AvgIpc) is 2.26. The molecule has 0 unspecified atom stereocenters. The molecule has 0 atom stereocenters. The first-order chi connectivity index (χ1) is 6.74. The Morgan fingerprint density at radius 2 is 2.50 bits per heavy atom. The van der Waals surface area contributed by atoms with Crippen LogP contribution in [0.3, 0.4) is 0 Å². The Bertz CT molecular complexity index is 336. The quantitative estimate of drug-likeness (QED) is 0.340. The van der Waals surface area contributed by atoms with E-state index in [0.29, 0.717) is 10.2 Å². The van der Waals surface area contributed by atoms with Crippen LogP contribution in [0.25, 0.3) is 0 Å². The zero-order valence-electron chi connectivity index (χ0n) is 7.60. The minimum atomic E-state index is 0.370. The number of thioether (sulfide) groups is 1. The number of thiocarbonyl (C=S) groups is 1. The van der Waals surface area contributed by atoms with Crippen LogP contribution in [0.2, 0.25) is 0 Å². The van der Waals surface area contributed by atoms with Crippen molar-refractivity contribution in [1.82, 2.24) is 10.4 Å². The van der Waals surface area contributed by atoms with Crippen LogP contribution in [-0.4, -0.2) is 21.4 Å². The molecule has 1 heterocycles. The molecule has 0 aromatic carbocycles. The number of hydrogen-bond acceptors (Lipinski definition) is 4. The van der Waals surface area contributed by atoms with Gasteiger partial charge in [0.05, 0.1) is 0 Å². The predicted octanol–water partition coefficient (Wildman–Crippen LogP) is 0.939. The molecule has 1 aromatic rings. The monoisotopic (exact) mass is 226 g/mol. The van der Waals surface area contributed by atoms with Gasteiger partial charge in [-0.15, -0.1) is 0 Å². The van der Waals surface area contributed by atoms with Crippen molar-refractivity contribution in [2.24, 2.45) is 10.8 Å². The first kappa shape index (κ1) is 10.9. The van der Waals surface area contributed by atoms with Gasteiger partial charge in [-0.25, -0.2) is 0 Å². The van der Waals surface area contributed by atoms with E-state index in [1.54, 1.807) is 18.5 Å². The van der Waals surface area contributed by atoms with Crippen molar-refractivity contribution in [3.8, 4) is 0 Å². The van der Waals surface area contributed by atoms with Crippen LogP contribution in [0.4, 0.5) is 0 Å². The van der Waals surface area contributed by atoms with E-state index in [1.807, 2.05) is 12.3 Å². The van der Waals surface area contributed by atoms with Crippen molar-refractivity contribution in [1.29, 1.82) is 0 Å². The fraction of sp³-hybridized carbons (Fsp3) is 0.125. The Labute approximate surface area is 92.0 Å². The van der Waals surface area contributed by atoms with Crippen LogP contribution in [0.15, 0.2) is 29.6 Å². The summed E-state index contributed by atoms with van der Waals surface area (Å²) in [5, 5.41) is 3.91. The Kier molecular flexibility index (Phi) is 4.34. The molecule has 3 N–H and O–H groups in total. The van der Waals surface area contributed by atoms with Crippen molar-refractivity contribution in [2.75, 3.05) is 6.26 Å². The maximum Gasteiger partial charge on any atom is 0.153 e. The maximum absolute atomic E-state index is 5.68. The number of rotatable bonds is 2. The zero-order valence-corrected chi connectivity index (χ0v) is 9.23. The van der Waals surface area contributed by atoms with Gasteiger partial charge in [-0.3, -0.25) is 10.4 Å². The molecule has 4 nitrogen and oxygen atoms in total. The molecule has 6 heteroatoms. The number of nitrogens with one attached hydrogen (secondary N) is 1. The average molecular weight is 226 g/mol. The number of hydrogen-bond donors (Lipinski definition) is 2. The van der Waals surface area contributed by atoms with E-state index in [0.717, 1.165) is 5.56 Å². The summed E-state index contributed by atoms with van der Waals surface area (Å²) in [4.78, 5) is 3.93. The van der Waals surface area contributed by atoms with Crippen LogP contribution in [0.1, 0.15) is 5.56 Å². The van der Waals surface area contributed by atoms with Crippen molar-refractivity contribution in [3.63, 3.8) is 0 Å². The van der Waals surface area contributed by atoms with Gasteiger partial charge in [0.2, 0.25) is 0 Å². The molecule has 0 aliphatic rings. The second kappa shape index (κ2) is 5.56. The fourth-order valence-electron chi connectivity index (χ4n) is 0.730. The number of amidine groups is 1. The van der Waals surface area contributed by atoms with Crippen LogP contribution in [-0.2, 0) is 0 Å². The van der Waals surface area contributed by atoms with Crippen LogP contribution in [0.5, 0.6) is 0 Å². The molecule has 74 valence electrons. The molecule has 0 aliphatic heterocycles. The molecular weight excluding hydrogens is 216 g/mol. The summed E-state index contributed by atoms with van der Waals surface area (Å²) in [6.07, 6.45) is 5.19. The molecule has 0 saturated heterocycles. The van der Waals surface area contributed by atoms with Gasteiger partial charge in [0.1, 0.15) is 0 Å². The van der Waals surface area contributed by atoms with Crippen LogP contribution in [0, 0.1) is 0 Å². The SMILES string of the molecule is CSC(=S)N/N=C(\N)c1cccnc1. The molecule has 0 amide bonds. The summed E-state index contributed by atoms with van der Waals surface area (Å²) >= 11 is 6.30. The molecule has 1 aromatic heterocycles. The van der Waals surface area contributed by atoms with Gasteiger partial charge in [0.25, 0.3) is 0 Å². The van der Waals surface area contributed by atoms with E-state index >= 15 is 0 Å². The number of nitrogens with zero attached hydrogens (tertiary/aromatic N) is 2. The summed E-state index contributed by atoms with van der Waals surface area (Å²) < 4.78 is 0.580. The van der Waals surface area contributed by atoms with Gasteiger partial charge in [-0.05, 0) is 18.4 Å². The van der Waals surface area contributed by atoms with Crippen molar-refractivity contribution >= 4 is 34.1 Å². The molecule has 1 rings (SSSR count). The number of hydrazone groups is 1. The molecule has 14 heavy (non-hydrogen) atoms. The number of nitrogens with two attached hydrogens (primary N) is 1. The summed E-state index contributed by atoms with van der Waals surface area (Å²) in [6, 6.07) is 3.63. The summed E-state index contributed by atoms with van der Waals surface area (Å²) in [6.45, 7) is 0. The third-order valence-corrected chi connectivity index (χ3v) is 2.46. The summed E-state index contributed by atoms with van der Waals surface area (Å²) in [7, 11) is 0. The topological polar surface area (TPSA) is 63.3 Å². The third-order valence-electron chi connectivity index (χ3n) is 1.41. The van der Waals surface area contributed by atoms with Crippen LogP contribution < -0.4 is 11.2 Å². The summed E-state index contributed by atoms with van der Waals surface area (Å²) in [5.74, 6) is 0.370. The van der Waals surface area contributed by atoms with Gasteiger partial charge in [0.15, 0.2) is 10.2 Å². The number of pyridine rings is 1. The molecule has 0 bridgehead atoms. The molecule has 0 saturated carbocycles. The highest BCUT2D eigenvalue weighted by molar-refractivity contribution is 8.22. The largest absolute Gasteiger partial charge is 0.382 e. The van der Waals surface area contributed by atoms with Gasteiger partial charge < -0.3 is 5.73 Å². The van der Waals surface area contributed by atoms with Gasteiger partial charge in [-0.1, -0.05) is 24.0 Å². The van der Waals surface area contributed by atoms with Crippen molar-refractivity contribution < 1.29 is 0 Å². The molecular formula is C8H10N4S2. The Morgan fingerprint density at radius 3 is 3.07 bits per heavy atom. The second-order valence-corrected chi connectivity index (χ2v) is 3.83. The lowest BCUT2D eigenvalue weighted by Gasteiger charge is -2.01. The van der Waals surface area contributed by atoms with Crippen molar-refractivity contribution in [2.45, 2.75) is 0 Å². The standard InChI is InChI=1S/C8H10N4S2/c1-14-8(13)12-11-7(9)6-3-2-4-10-5-6/h2-5H,1H3,(H2,9,11)(H,12,13). The first-order valence-electron chi connectivity index (χ1n) is 3.81. The highest BCUT2D eigenvalue weighted by Gasteiger charge is 1.97. The lowest BCUT2D eigenvalue weighted by molar-refractivity contribution is 1.05. The maximum atomic E-state index is 5.68. The van der Waals surface area contributed by atoms with E-state index in [4.69, 9.17) is 18.0 Å². The van der Waals surface area contributed by atoms with Gasteiger partial charge in [-0.2, -0.15) is 5.10 Å². The van der Waals surface area contributed by atoms with E-state index < -0.39 is 0 Å². The first-order valence-corrected chi connectivity index (χ1v) is 5.45. The van der Waals surface area contributed by atoms with Gasteiger partial charge >= 0.3 is 0 Å². The lowest BCUT2D eigenvalue weighted by Crippen LogP contribution is -2.20. The second-order valence-electron chi connectivity index (χ2n) is 2.34. The zero-order chi connectivity index (χ0) is 10.4. The van der Waals surface area contributed by atoms with E-state index in [-0.39, 0.29) is 0 Å². The van der Waals surface area contributed by atoms with E-state index in [2.05, 4.69) is 15.5 Å². The lowest BCUT2D eigenvalue weighted by atomic mass is 10.3. The minimum Gasteiger partial charge on any atom is -0.382 e. The van der Waals surface area contributed by atoms with Crippen molar-refractivity contribution in [3.05, 3.63) is 30.1 Å². The highest BCUT2D eigenvalue weighted by atomic mass is 32.2. The van der Waals surface area contributed by atoms with E-state index in [9.17, 15) is 0 Å². The smallest absolute Gasteiger partial charge is 0.153 e. The third kappa shape index (κ3) is 3.31. The summed E-state index contributed by atoms with van der Waals surface area (Å²) in [5.41, 5.74) is 9.10. The fourth-order valence-corrected chi connectivity index (χ4v) is 0.913. The Hall–Kier alpha value is -1.14.